The van der Waals surface area contributed by atoms with Gasteiger partial charge in [-0.2, -0.15) is 5.26 Å². The third-order valence-corrected chi connectivity index (χ3v) is 1.96. The van der Waals surface area contributed by atoms with Crippen LogP contribution in [0.4, 0.5) is 0 Å². The zero-order valence-corrected chi connectivity index (χ0v) is 7.62. The van der Waals surface area contributed by atoms with Gasteiger partial charge in [-0.15, -0.1) is 0 Å². The summed E-state index contributed by atoms with van der Waals surface area (Å²) in [6.45, 7) is 4.86. The molecule has 0 aliphatic heterocycles. The Hall–Kier alpha value is -1.23. The summed E-state index contributed by atoms with van der Waals surface area (Å²) in [6, 6.07) is 6.29. The van der Waals surface area contributed by atoms with E-state index >= 15 is 0 Å². The third-order valence-electron chi connectivity index (χ3n) is 1.96. The quantitative estimate of drug-likeness (QED) is 0.671. The SMILES string of the molecule is CC(C)(C#N)CCn1cccc1. The van der Waals surface area contributed by atoms with Crippen LogP contribution in [-0.2, 0) is 6.54 Å². The molecule has 0 aromatic carbocycles. The van der Waals surface area contributed by atoms with Crippen LogP contribution in [0.3, 0.4) is 0 Å². The van der Waals surface area contributed by atoms with Crippen molar-refractivity contribution in [2.24, 2.45) is 5.41 Å². The van der Waals surface area contributed by atoms with Crippen molar-refractivity contribution in [1.29, 1.82) is 5.26 Å². The molecule has 12 heavy (non-hydrogen) atoms. The Kier molecular flexibility index (Phi) is 2.54. The predicted molar refractivity (Wildman–Crippen MR) is 48.4 cm³/mol. The molecule has 0 atom stereocenters. The molecule has 0 radical (unpaired) electrons. The van der Waals surface area contributed by atoms with E-state index in [1.807, 2.05) is 38.4 Å². The van der Waals surface area contributed by atoms with Crippen molar-refractivity contribution < 1.29 is 0 Å². The van der Waals surface area contributed by atoms with Gasteiger partial charge in [-0.1, -0.05) is 0 Å². The molecular formula is C10H14N2. The summed E-state index contributed by atoms with van der Waals surface area (Å²) in [6.07, 6.45) is 4.94. The molecule has 0 bridgehead atoms. The Balaban J connectivity index is 2.42. The molecule has 0 saturated carbocycles. The lowest BCUT2D eigenvalue weighted by atomic mass is 9.91. The van der Waals surface area contributed by atoms with Crippen LogP contribution in [-0.4, -0.2) is 4.57 Å². The molecule has 1 aromatic heterocycles. The van der Waals surface area contributed by atoms with E-state index < -0.39 is 0 Å². The summed E-state index contributed by atoms with van der Waals surface area (Å²) < 4.78 is 2.10. The second-order valence-electron chi connectivity index (χ2n) is 3.67. The summed E-state index contributed by atoms with van der Waals surface area (Å²) >= 11 is 0. The fourth-order valence-electron chi connectivity index (χ4n) is 0.984. The van der Waals surface area contributed by atoms with E-state index in [4.69, 9.17) is 5.26 Å². The topological polar surface area (TPSA) is 28.7 Å². The molecule has 1 heterocycles. The van der Waals surface area contributed by atoms with E-state index in [2.05, 4.69) is 10.6 Å². The monoisotopic (exact) mass is 162 g/mol. The van der Waals surface area contributed by atoms with Crippen LogP contribution in [0.5, 0.6) is 0 Å². The van der Waals surface area contributed by atoms with Gasteiger partial charge in [0.25, 0.3) is 0 Å². The summed E-state index contributed by atoms with van der Waals surface area (Å²) in [4.78, 5) is 0. The first kappa shape index (κ1) is 8.86. The highest BCUT2D eigenvalue weighted by Crippen LogP contribution is 2.19. The third kappa shape index (κ3) is 2.43. The first-order valence-electron chi connectivity index (χ1n) is 4.16. The number of nitriles is 1. The van der Waals surface area contributed by atoms with Gasteiger partial charge in [0.15, 0.2) is 0 Å². The highest BCUT2D eigenvalue weighted by molar-refractivity contribution is 4.94. The van der Waals surface area contributed by atoms with Gasteiger partial charge < -0.3 is 4.57 Å². The van der Waals surface area contributed by atoms with Gasteiger partial charge >= 0.3 is 0 Å². The van der Waals surface area contributed by atoms with Crippen LogP contribution in [0.15, 0.2) is 24.5 Å². The lowest BCUT2D eigenvalue weighted by molar-refractivity contribution is 0.414. The lowest BCUT2D eigenvalue weighted by Gasteiger charge is -2.14. The minimum absolute atomic E-state index is 0.204. The van der Waals surface area contributed by atoms with Crippen molar-refractivity contribution in [2.45, 2.75) is 26.8 Å². The standard InChI is InChI=1S/C10H14N2/c1-10(2,9-11)5-8-12-6-3-4-7-12/h3-4,6-7H,5,8H2,1-2H3. The van der Waals surface area contributed by atoms with Gasteiger partial charge in [-0.25, -0.2) is 0 Å². The molecular weight excluding hydrogens is 148 g/mol. The normalized spacial score (nSPS) is 11.1. The highest BCUT2D eigenvalue weighted by Gasteiger charge is 2.15. The van der Waals surface area contributed by atoms with Crippen molar-refractivity contribution in [1.82, 2.24) is 4.57 Å². The van der Waals surface area contributed by atoms with E-state index in [1.165, 1.54) is 0 Å². The van der Waals surface area contributed by atoms with E-state index in [0.29, 0.717) is 0 Å². The smallest absolute Gasteiger partial charge is 0.0684 e. The number of hydrogen-bond acceptors (Lipinski definition) is 1. The number of aryl methyl sites for hydroxylation is 1. The molecule has 0 fully saturated rings. The molecule has 1 aromatic rings. The van der Waals surface area contributed by atoms with Gasteiger partial charge in [0.05, 0.1) is 11.5 Å². The Morgan fingerprint density at radius 1 is 1.33 bits per heavy atom. The first-order valence-corrected chi connectivity index (χ1v) is 4.16. The maximum atomic E-state index is 8.76. The van der Waals surface area contributed by atoms with Gasteiger partial charge in [0.2, 0.25) is 0 Å². The van der Waals surface area contributed by atoms with Crippen molar-refractivity contribution in [2.75, 3.05) is 0 Å². The van der Waals surface area contributed by atoms with Crippen molar-refractivity contribution >= 4 is 0 Å². The van der Waals surface area contributed by atoms with Crippen LogP contribution < -0.4 is 0 Å². The summed E-state index contributed by atoms with van der Waals surface area (Å²) in [5, 5.41) is 8.76. The van der Waals surface area contributed by atoms with Crippen molar-refractivity contribution in [3.63, 3.8) is 0 Å². The number of hydrogen-bond donors (Lipinski definition) is 0. The first-order chi connectivity index (χ1) is 5.64. The second-order valence-corrected chi connectivity index (χ2v) is 3.67. The number of nitrogens with zero attached hydrogens (tertiary/aromatic N) is 2. The van der Waals surface area contributed by atoms with E-state index in [9.17, 15) is 0 Å². The minimum Gasteiger partial charge on any atom is -0.354 e. The Labute approximate surface area is 73.4 Å². The maximum Gasteiger partial charge on any atom is 0.0684 e. The molecule has 2 nitrogen and oxygen atoms in total. The summed E-state index contributed by atoms with van der Waals surface area (Å²) in [5.74, 6) is 0. The Morgan fingerprint density at radius 2 is 1.92 bits per heavy atom. The highest BCUT2D eigenvalue weighted by atomic mass is 14.9. The Bertz CT molecular complexity index is 265. The largest absolute Gasteiger partial charge is 0.354 e. The van der Waals surface area contributed by atoms with Gasteiger partial charge in [-0.05, 0) is 32.4 Å². The molecule has 0 unspecified atom stereocenters. The molecule has 0 saturated heterocycles. The fourth-order valence-corrected chi connectivity index (χ4v) is 0.984. The molecule has 2 heteroatoms. The van der Waals surface area contributed by atoms with Crippen molar-refractivity contribution in [3.8, 4) is 6.07 Å². The van der Waals surface area contributed by atoms with Crippen LogP contribution in [0, 0.1) is 16.7 Å². The molecule has 64 valence electrons. The zero-order chi connectivity index (χ0) is 9.03. The van der Waals surface area contributed by atoms with Gasteiger partial charge in [-0.3, -0.25) is 0 Å². The van der Waals surface area contributed by atoms with E-state index in [-0.39, 0.29) is 5.41 Å². The average Bonchev–Trinajstić information content (AvgIpc) is 2.53. The number of rotatable bonds is 3. The molecule has 1 rings (SSSR count). The predicted octanol–water partition coefficient (Wildman–Crippen LogP) is 2.43. The lowest BCUT2D eigenvalue weighted by Crippen LogP contribution is -2.11. The van der Waals surface area contributed by atoms with Crippen molar-refractivity contribution in [3.05, 3.63) is 24.5 Å². The maximum absolute atomic E-state index is 8.76. The van der Waals surface area contributed by atoms with Crippen LogP contribution >= 0.6 is 0 Å². The second kappa shape index (κ2) is 3.44. The fraction of sp³-hybridized carbons (Fsp3) is 0.500. The molecule has 0 amide bonds. The molecule has 0 aliphatic rings. The van der Waals surface area contributed by atoms with Crippen LogP contribution in [0.1, 0.15) is 20.3 Å². The molecule has 0 spiro atoms. The number of aromatic nitrogens is 1. The molecule has 0 N–H and O–H groups in total. The summed E-state index contributed by atoms with van der Waals surface area (Å²) in [7, 11) is 0. The average molecular weight is 162 g/mol. The van der Waals surface area contributed by atoms with Crippen LogP contribution in [0.25, 0.3) is 0 Å². The van der Waals surface area contributed by atoms with E-state index in [0.717, 1.165) is 13.0 Å². The molecule has 0 aliphatic carbocycles. The Morgan fingerprint density at radius 3 is 2.42 bits per heavy atom. The van der Waals surface area contributed by atoms with Gasteiger partial charge in [0, 0.05) is 18.9 Å². The summed E-state index contributed by atoms with van der Waals surface area (Å²) in [5.41, 5.74) is -0.204. The minimum atomic E-state index is -0.204. The van der Waals surface area contributed by atoms with E-state index in [1.54, 1.807) is 0 Å². The zero-order valence-electron chi connectivity index (χ0n) is 7.62. The van der Waals surface area contributed by atoms with Crippen LogP contribution in [0.2, 0.25) is 0 Å². The van der Waals surface area contributed by atoms with Gasteiger partial charge in [0.1, 0.15) is 0 Å².